The smallest absolute Gasteiger partial charge is 0.748 e. The molecule has 0 bridgehead atoms. The van der Waals surface area contributed by atoms with Crippen molar-refractivity contribution in [2.24, 2.45) is 0 Å². The van der Waals surface area contributed by atoms with Gasteiger partial charge in [0.25, 0.3) is 0 Å². The van der Waals surface area contributed by atoms with Gasteiger partial charge in [0.05, 0.1) is 11.4 Å². The molecule has 0 saturated carbocycles. The van der Waals surface area contributed by atoms with Crippen LogP contribution >= 0.6 is 0 Å². The molecule has 86 valence electrons. The Morgan fingerprint density at radius 3 is 2.13 bits per heavy atom. The van der Waals surface area contributed by atoms with Crippen molar-refractivity contribution in [2.75, 3.05) is 0 Å². The van der Waals surface area contributed by atoms with Gasteiger partial charge in [0, 0.05) is 0 Å². The first-order valence-corrected chi connectivity index (χ1v) is 6.53. The van der Waals surface area contributed by atoms with Crippen LogP contribution in [0, 0.1) is 0 Å². The van der Waals surface area contributed by atoms with E-state index in [1.54, 1.807) is 6.92 Å². The third-order valence-corrected chi connectivity index (χ3v) is 3.60. The Morgan fingerprint density at radius 1 is 1.27 bits per heavy atom. The fourth-order valence-corrected chi connectivity index (χ4v) is 2.42. The van der Waals surface area contributed by atoms with Gasteiger partial charge in [-0.15, -0.1) is 0 Å². The summed E-state index contributed by atoms with van der Waals surface area (Å²) >= 11 is 0. The second kappa shape index (κ2) is 8.96. The molecule has 0 radical (unpaired) electrons. The fourth-order valence-electron chi connectivity index (χ4n) is 1.39. The van der Waals surface area contributed by atoms with Crippen LogP contribution in [0.25, 0.3) is 0 Å². The number of unbranched alkanes of at least 4 members (excludes halogenated alkanes) is 2. The fraction of sp³-hybridized carbons (Fsp3) is 1.00. The molecule has 2 atom stereocenters. The molecule has 4 nitrogen and oxygen atoms in total. The predicted molar refractivity (Wildman–Crippen MR) is 53.9 cm³/mol. The van der Waals surface area contributed by atoms with E-state index in [2.05, 4.69) is 0 Å². The molecule has 0 heterocycles. The molecule has 0 amide bonds. The molecule has 6 heteroatoms. The van der Waals surface area contributed by atoms with Gasteiger partial charge in [-0.05, 0) is 12.8 Å². The standard InChI is InChI=1S/C9H20O4S.Na/c1-3-5-6-7-9(8(10)4-2)14(11,12)13;/h8-10H,3-7H2,1-2H3,(H,11,12,13);/q;+1/p-1. The van der Waals surface area contributed by atoms with Gasteiger partial charge in [-0.2, -0.15) is 0 Å². The van der Waals surface area contributed by atoms with Gasteiger partial charge in [0.2, 0.25) is 0 Å². The zero-order valence-corrected chi connectivity index (χ0v) is 12.6. The zero-order chi connectivity index (χ0) is 11.2. The van der Waals surface area contributed by atoms with E-state index < -0.39 is 21.5 Å². The van der Waals surface area contributed by atoms with E-state index in [1.165, 1.54) is 0 Å². The van der Waals surface area contributed by atoms with Crippen molar-refractivity contribution in [2.45, 2.75) is 57.3 Å². The van der Waals surface area contributed by atoms with E-state index in [4.69, 9.17) is 0 Å². The molecule has 0 spiro atoms. The normalized spacial score (nSPS) is 15.5. The minimum atomic E-state index is -4.36. The van der Waals surface area contributed by atoms with Crippen molar-refractivity contribution in [1.82, 2.24) is 0 Å². The van der Waals surface area contributed by atoms with Gasteiger partial charge < -0.3 is 9.66 Å². The largest absolute Gasteiger partial charge is 1.00 e. The Balaban J connectivity index is 0. The monoisotopic (exact) mass is 246 g/mol. The van der Waals surface area contributed by atoms with Gasteiger partial charge >= 0.3 is 29.6 Å². The first kappa shape index (κ1) is 18.2. The van der Waals surface area contributed by atoms with Crippen LogP contribution in [0.5, 0.6) is 0 Å². The average Bonchev–Trinajstić information content (AvgIpc) is 2.09. The van der Waals surface area contributed by atoms with Crippen molar-refractivity contribution in [1.29, 1.82) is 0 Å². The van der Waals surface area contributed by atoms with E-state index in [-0.39, 0.29) is 36.0 Å². The number of hydrogen-bond donors (Lipinski definition) is 1. The maximum absolute atomic E-state index is 10.8. The van der Waals surface area contributed by atoms with Gasteiger partial charge in [0.15, 0.2) is 0 Å². The van der Waals surface area contributed by atoms with Gasteiger partial charge in [0.1, 0.15) is 10.1 Å². The van der Waals surface area contributed by atoms with E-state index in [9.17, 15) is 18.1 Å². The van der Waals surface area contributed by atoms with E-state index in [0.717, 1.165) is 12.8 Å². The Hall–Kier alpha value is 0.870. The molecular formula is C9H19NaO4S. The van der Waals surface area contributed by atoms with Crippen molar-refractivity contribution < 1.29 is 47.6 Å². The van der Waals surface area contributed by atoms with Crippen molar-refractivity contribution in [3.63, 3.8) is 0 Å². The molecule has 0 aromatic carbocycles. The van der Waals surface area contributed by atoms with Crippen LogP contribution in [-0.2, 0) is 10.1 Å². The predicted octanol–water partition coefficient (Wildman–Crippen LogP) is -1.74. The molecule has 1 N–H and O–H groups in total. The maximum atomic E-state index is 10.8. The van der Waals surface area contributed by atoms with Gasteiger partial charge in [-0.1, -0.05) is 33.1 Å². The number of aliphatic hydroxyl groups is 1. The quantitative estimate of drug-likeness (QED) is 0.328. The van der Waals surface area contributed by atoms with E-state index in [0.29, 0.717) is 12.8 Å². The summed E-state index contributed by atoms with van der Waals surface area (Å²) in [4.78, 5) is 0. The van der Waals surface area contributed by atoms with E-state index in [1.807, 2.05) is 6.92 Å². The van der Waals surface area contributed by atoms with Crippen LogP contribution in [0.15, 0.2) is 0 Å². The van der Waals surface area contributed by atoms with Crippen molar-refractivity contribution >= 4 is 10.1 Å². The first-order chi connectivity index (χ1) is 6.43. The molecule has 0 rings (SSSR count). The summed E-state index contributed by atoms with van der Waals surface area (Å²) in [7, 11) is -4.36. The summed E-state index contributed by atoms with van der Waals surface area (Å²) in [6.07, 6.45) is 2.09. The van der Waals surface area contributed by atoms with Crippen molar-refractivity contribution in [3.05, 3.63) is 0 Å². The third kappa shape index (κ3) is 7.71. The SMILES string of the molecule is CCCCCC(C(O)CC)S(=O)(=O)[O-].[Na+]. The molecule has 0 aromatic heterocycles. The van der Waals surface area contributed by atoms with Crippen molar-refractivity contribution in [3.8, 4) is 0 Å². The Morgan fingerprint density at radius 2 is 1.80 bits per heavy atom. The minimum absolute atomic E-state index is 0. The van der Waals surface area contributed by atoms with Crippen LogP contribution in [0.4, 0.5) is 0 Å². The molecule has 0 fully saturated rings. The van der Waals surface area contributed by atoms with E-state index >= 15 is 0 Å². The Kier molecular flexibility index (Phi) is 10.9. The average molecular weight is 246 g/mol. The molecule has 15 heavy (non-hydrogen) atoms. The number of rotatable bonds is 7. The van der Waals surface area contributed by atoms with Crippen LogP contribution in [0.2, 0.25) is 0 Å². The second-order valence-electron chi connectivity index (χ2n) is 3.50. The maximum Gasteiger partial charge on any atom is 1.00 e. The number of hydrogen-bond acceptors (Lipinski definition) is 4. The summed E-state index contributed by atoms with van der Waals surface area (Å²) in [5.74, 6) is 0. The molecule has 0 aliphatic rings. The molecule has 2 unspecified atom stereocenters. The Bertz CT molecular complexity index is 240. The zero-order valence-electron chi connectivity index (χ0n) is 9.77. The molecule has 0 saturated heterocycles. The second-order valence-corrected chi connectivity index (χ2v) is 5.09. The summed E-state index contributed by atoms with van der Waals surface area (Å²) in [6, 6.07) is 0. The van der Waals surface area contributed by atoms with Crippen LogP contribution < -0.4 is 29.6 Å². The molecule has 0 aliphatic heterocycles. The number of aliphatic hydroxyl groups excluding tert-OH is 1. The topological polar surface area (TPSA) is 77.4 Å². The summed E-state index contributed by atoms with van der Waals surface area (Å²) in [5.41, 5.74) is 0. The summed E-state index contributed by atoms with van der Waals surface area (Å²) < 4.78 is 32.4. The molecular weight excluding hydrogens is 227 g/mol. The molecule has 0 aliphatic carbocycles. The first-order valence-electron chi connectivity index (χ1n) is 5.06. The van der Waals surface area contributed by atoms with Crippen LogP contribution in [0.3, 0.4) is 0 Å². The Labute approximate surface area is 114 Å². The van der Waals surface area contributed by atoms with Gasteiger partial charge in [-0.25, -0.2) is 8.42 Å². The van der Waals surface area contributed by atoms with Crippen LogP contribution in [-0.4, -0.2) is 29.4 Å². The molecule has 0 aromatic rings. The van der Waals surface area contributed by atoms with Gasteiger partial charge in [-0.3, -0.25) is 0 Å². The van der Waals surface area contributed by atoms with Crippen LogP contribution in [0.1, 0.15) is 46.0 Å². The third-order valence-electron chi connectivity index (χ3n) is 2.31. The minimum Gasteiger partial charge on any atom is -0.748 e. The summed E-state index contributed by atoms with van der Waals surface area (Å²) in [6.45, 7) is 3.67. The summed E-state index contributed by atoms with van der Waals surface area (Å²) in [5, 5.41) is 8.25.